The first-order valence-corrected chi connectivity index (χ1v) is 6.56. The van der Waals surface area contributed by atoms with Gasteiger partial charge in [0.2, 0.25) is 0 Å². The second kappa shape index (κ2) is 7.41. The van der Waals surface area contributed by atoms with Crippen LogP contribution >= 0.6 is 11.3 Å². The van der Waals surface area contributed by atoms with Crippen LogP contribution in [0.2, 0.25) is 0 Å². The summed E-state index contributed by atoms with van der Waals surface area (Å²) in [6.45, 7) is 3.11. The van der Waals surface area contributed by atoms with Crippen molar-refractivity contribution in [3.05, 3.63) is 22.4 Å². The Morgan fingerprint density at radius 3 is 2.94 bits per heavy atom. The molecule has 16 heavy (non-hydrogen) atoms. The van der Waals surface area contributed by atoms with Gasteiger partial charge in [-0.25, -0.2) is 0 Å². The van der Waals surface area contributed by atoms with Crippen LogP contribution in [-0.4, -0.2) is 17.6 Å². The summed E-state index contributed by atoms with van der Waals surface area (Å²) in [5.41, 5.74) is 0. The maximum atomic E-state index is 10.3. The van der Waals surface area contributed by atoms with Crippen molar-refractivity contribution in [2.24, 2.45) is 0 Å². The lowest BCUT2D eigenvalue weighted by atomic mass is 10.2. The molecule has 0 radical (unpaired) electrons. The van der Waals surface area contributed by atoms with Crippen molar-refractivity contribution in [3.63, 3.8) is 0 Å². The molecule has 90 valence electrons. The van der Waals surface area contributed by atoms with E-state index in [1.807, 2.05) is 0 Å². The molecule has 0 fully saturated rings. The minimum atomic E-state index is -0.695. The molecule has 0 spiro atoms. The van der Waals surface area contributed by atoms with E-state index in [2.05, 4.69) is 29.8 Å². The standard InChI is InChI=1S/C12H19NO2S/c1-10(11-6-5-9-16-11)13-8-4-2-3-7-12(14)15/h5-6,9-10,13H,2-4,7-8H2,1H3,(H,14,15)/t10-/m0/s1. The van der Waals surface area contributed by atoms with Crippen LogP contribution in [0.4, 0.5) is 0 Å². The van der Waals surface area contributed by atoms with Crippen molar-refractivity contribution in [1.29, 1.82) is 0 Å². The van der Waals surface area contributed by atoms with E-state index < -0.39 is 5.97 Å². The summed E-state index contributed by atoms with van der Waals surface area (Å²) >= 11 is 1.76. The van der Waals surface area contributed by atoms with Gasteiger partial charge in [-0.15, -0.1) is 11.3 Å². The predicted molar refractivity (Wildman–Crippen MR) is 66.8 cm³/mol. The van der Waals surface area contributed by atoms with E-state index in [0.717, 1.165) is 25.8 Å². The number of carboxylic acids is 1. The quantitative estimate of drug-likeness (QED) is 0.688. The van der Waals surface area contributed by atoms with Crippen LogP contribution in [0, 0.1) is 0 Å². The van der Waals surface area contributed by atoms with Gasteiger partial charge in [0.1, 0.15) is 0 Å². The highest BCUT2D eigenvalue weighted by Gasteiger charge is 2.04. The normalized spacial score (nSPS) is 12.6. The second-order valence-corrected chi connectivity index (χ2v) is 4.87. The maximum absolute atomic E-state index is 10.3. The van der Waals surface area contributed by atoms with Gasteiger partial charge in [0.05, 0.1) is 0 Å². The summed E-state index contributed by atoms with van der Waals surface area (Å²) < 4.78 is 0. The van der Waals surface area contributed by atoms with Gasteiger partial charge < -0.3 is 10.4 Å². The topological polar surface area (TPSA) is 49.3 Å². The van der Waals surface area contributed by atoms with E-state index in [1.54, 1.807) is 11.3 Å². The fourth-order valence-corrected chi connectivity index (χ4v) is 2.29. The molecule has 1 aromatic heterocycles. The Morgan fingerprint density at radius 2 is 2.31 bits per heavy atom. The van der Waals surface area contributed by atoms with E-state index in [4.69, 9.17) is 5.11 Å². The van der Waals surface area contributed by atoms with Gasteiger partial charge in [-0.2, -0.15) is 0 Å². The highest BCUT2D eigenvalue weighted by molar-refractivity contribution is 7.10. The molecule has 1 aromatic rings. The molecule has 0 unspecified atom stereocenters. The van der Waals surface area contributed by atoms with E-state index in [1.165, 1.54) is 4.88 Å². The third-order valence-corrected chi connectivity index (χ3v) is 3.54. The van der Waals surface area contributed by atoms with Crippen molar-refractivity contribution >= 4 is 17.3 Å². The number of unbranched alkanes of at least 4 members (excludes halogenated alkanes) is 2. The second-order valence-electron chi connectivity index (χ2n) is 3.90. The summed E-state index contributed by atoms with van der Waals surface area (Å²) in [6, 6.07) is 4.59. The lowest BCUT2D eigenvalue weighted by Crippen LogP contribution is -2.18. The van der Waals surface area contributed by atoms with Crippen molar-refractivity contribution in [3.8, 4) is 0 Å². The number of rotatable bonds is 8. The van der Waals surface area contributed by atoms with Crippen LogP contribution in [0.25, 0.3) is 0 Å². The van der Waals surface area contributed by atoms with Crippen molar-refractivity contribution < 1.29 is 9.90 Å². The van der Waals surface area contributed by atoms with Crippen LogP contribution in [-0.2, 0) is 4.79 Å². The molecular weight excluding hydrogens is 222 g/mol. The molecule has 4 heteroatoms. The van der Waals surface area contributed by atoms with Gasteiger partial charge in [0, 0.05) is 17.3 Å². The number of hydrogen-bond donors (Lipinski definition) is 2. The largest absolute Gasteiger partial charge is 0.481 e. The number of carboxylic acid groups (broad SMARTS) is 1. The average molecular weight is 241 g/mol. The number of nitrogens with one attached hydrogen (secondary N) is 1. The lowest BCUT2D eigenvalue weighted by Gasteiger charge is -2.11. The average Bonchev–Trinajstić information content (AvgIpc) is 2.75. The Kier molecular flexibility index (Phi) is 6.11. The SMILES string of the molecule is C[C@H](NCCCCCC(=O)O)c1cccs1. The molecule has 0 aliphatic rings. The van der Waals surface area contributed by atoms with Crippen molar-refractivity contribution in [2.75, 3.05) is 6.54 Å². The molecule has 3 nitrogen and oxygen atoms in total. The van der Waals surface area contributed by atoms with Gasteiger partial charge >= 0.3 is 5.97 Å². The number of hydrogen-bond acceptors (Lipinski definition) is 3. The van der Waals surface area contributed by atoms with E-state index in [9.17, 15) is 4.79 Å². The third-order valence-electron chi connectivity index (χ3n) is 2.49. The van der Waals surface area contributed by atoms with Crippen molar-refractivity contribution in [2.45, 2.75) is 38.6 Å². The van der Waals surface area contributed by atoms with E-state index in [0.29, 0.717) is 12.5 Å². The first kappa shape index (κ1) is 13.2. The molecule has 1 rings (SSSR count). The third kappa shape index (κ3) is 5.28. The summed E-state index contributed by atoms with van der Waals surface area (Å²) in [4.78, 5) is 11.6. The highest BCUT2D eigenvalue weighted by Crippen LogP contribution is 2.17. The van der Waals surface area contributed by atoms with Crippen LogP contribution in [0.3, 0.4) is 0 Å². The molecule has 2 N–H and O–H groups in total. The summed E-state index contributed by atoms with van der Waals surface area (Å²) in [7, 11) is 0. The fourth-order valence-electron chi connectivity index (χ4n) is 1.53. The van der Waals surface area contributed by atoms with E-state index >= 15 is 0 Å². The molecule has 0 aromatic carbocycles. The van der Waals surface area contributed by atoms with E-state index in [-0.39, 0.29) is 0 Å². The molecule has 0 saturated carbocycles. The minimum Gasteiger partial charge on any atom is -0.481 e. The molecule has 0 aliphatic heterocycles. The maximum Gasteiger partial charge on any atom is 0.303 e. The van der Waals surface area contributed by atoms with Crippen LogP contribution < -0.4 is 5.32 Å². The Balaban J connectivity index is 2.01. The molecule has 1 atom stereocenters. The van der Waals surface area contributed by atoms with Gasteiger partial charge in [0.15, 0.2) is 0 Å². The lowest BCUT2D eigenvalue weighted by molar-refractivity contribution is -0.137. The molecular formula is C12H19NO2S. The Morgan fingerprint density at radius 1 is 1.50 bits per heavy atom. The van der Waals surface area contributed by atoms with Gasteiger partial charge in [0.25, 0.3) is 0 Å². The molecule has 0 saturated heterocycles. The van der Waals surface area contributed by atoms with Crippen molar-refractivity contribution in [1.82, 2.24) is 5.32 Å². The number of carbonyl (C=O) groups is 1. The highest BCUT2D eigenvalue weighted by atomic mass is 32.1. The smallest absolute Gasteiger partial charge is 0.303 e. The summed E-state index contributed by atoms with van der Waals surface area (Å²) in [6.07, 6.45) is 3.10. The predicted octanol–water partition coefficient (Wildman–Crippen LogP) is 3.04. The number of aliphatic carboxylic acids is 1. The first-order chi connectivity index (χ1) is 7.70. The summed E-state index contributed by atoms with van der Waals surface area (Å²) in [5, 5.41) is 14.0. The van der Waals surface area contributed by atoms with Gasteiger partial charge in [-0.05, 0) is 37.8 Å². The molecule has 1 heterocycles. The Labute approximate surface area is 100 Å². The number of thiophene rings is 1. The monoisotopic (exact) mass is 241 g/mol. The van der Waals surface area contributed by atoms with Gasteiger partial charge in [-0.3, -0.25) is 4.79 Å². The van der Waals surface area contributed by atoms with Gasteiger partial charge in [-0.1, -0.05) is 12.5 Å². The zero-order chi connectivity index (χ0) is 11.8. The molecule has 0 aliphatic carbocycles. The molecule has 0 bridgehead atoms. The molecule has 0 amide bonds. The van der Waals surface area contributed by atoms with Crippen LogP contribution in [0.1, 0.15) is 43.5 Å². The minimum absolute atomic E-state index is 0.292. The Hall–Kier alpha value is -0.870. The fraction of sp³-hybridized carbons (Fsp3) is 0.583. The van der Waals surface area contributed by atoms with Crippen LogP contribution in [0.5, 0.6) is 0 Å². The zero-order valence-corrected chi connectivity index (χ0v) is 10.4. The first-order valence-electron chi connectivity index (χ1n) is 5.68. The Bertz CT molecular complexity index is 298. The van der Waals surface area contributed by atoms with Crippen LogP contribution in [0.15, 0.2) is 17.5 Å². The zero-order valence-electron chi connectivity index (χ0n) is 9.61. The summed E-state index contributed by atoms with van der Waals surface area (Å²) in [5.74, 6) is -0.695.